The molecule has 0 fully saturated rings. The van der Waals surface area contributed by atoms with Gasteiger partial charge >= 0.3 is 5.97 Å². The van der Waals surface area contributed by atoms with Crippen molar-refractivity contribution >= 4 is 5.97 Å². The highest BCUT2D eigenvalue weighted by Gasteiger charge is 2.10. The molecule has 0 unspecified atom stereocenters. The Labute approximate surface area is 118 Å². The summed E-state index contributed by atoms with van der Waals surface area (Å²) in [5, 5.41) is 9.14. The normalized spacial score (nSPS) is 10.3. The van der Waals surface area contributed by atoms with Crippen molar-refractivity contribution in [2.45, 2.75) is 26.7 Å². The molecule has 4 heteroatoms. The summed E-state index contributed by atoms with van der Waals surface area (Å²) in [5.41, 5.74) is 1.91. The van der Waals surface area contributed by atoms with Crippen LogP contribution in [0, 0.1) is 6.92 Å². The topological polar surface area (TPSA) is 59.4 Å². The van der Waals surface area contributed by atoms with Crippen molar-refractivity contribution in [1.82, 2.24) is 4.98 Å². The summed E-state index contributed by atoms with van der Waals surface area (Å²) < 4.78 is 5.71. The van der Waals surface area contributed by atoms with Crippen LogP contribution in [0.3, 0.4) is 0 Å². The number of ether oxygens (including phenoxy) is 1. The number of hydrogen-bond donors (Lipinski definition) is 1. The largest absolute Gasteiger partial charge is 0.478 e. The van der Waals surface area contributed by atoms with E-state index in [2.05, 4.69) is 4.98 Å². The minimum atomic E-state index is -0.973. The number of para-hydroxylation sites is 1. The first-order valence-electron chi connectivity index (χ1n) is 6.58. The third-order valence-corrected chi connectivity index (χ3v) is 2.92. The first-order chi connectivity index (χ1) is 9.60. The van der Waals surface area contributed by atoms with Gasteiger partial charge in [-0.2, -0.15) is 0 Å². The molecule has 1 aromatic heterocycles. The highest BCUT2D eigenvalue weighted by atomic mass is 16.5. The van der Waals surface area contributed by atoms with E-state index < -0.39 is 5.97 Å². The molecule has 2 rings (SSSR count). The summed E-state index contributed by atoms with van der Waals surface area (Å²) in [6.07, 6.45) is 1.63. The molecular weight excluding hydrogens is 254 g/mol. The van der Waals surface area contributed by atoms with Crippen LogP contribution < -0.4 is 4.74 Å². The van der Waals surface area contributed by atoms with Gasteiger partial charge in [-0.1, -0.05) is 31.5 Å². The Kier molecular flexibility index (Phi) is 4.35. The SMILES string of the molecule is CCCc1cc(C(=O)O)cc(Oc2ccccc2C)n1. The second kappa shape index (κ2) is 6.19. The van der Waals surface area contributed by atoms with Gasteiger partial charge in [-0.15, -0.1) is 0 Å². The van der Waals surface area contributed by atoms with Crippen molar-refractivity contribution in [2.24, 2.45) is 0 Å². The quantitative estimate of drug-likeness (QED) is 0.897. The maximum atomic E-state index is 11.1. The highest BCUT2D eigenvalue weighted by Crippen LogP contribution is 2.24. The molecule has 2 aromatic rings. The number of carboxylic acid groups (broad SMARTS) is 1. The molecule has 0 spiro atoms. The maximum absolute atomic E-state index is 11.1. The molecule has 0 atom stereocenters. The van der Waals surface area contributed by atoms with Crippen molar-refractivity contribution in [1.29, 1.82) is 0 Å². The number of aromatic carboxylic acids is 1. The number of aryl methyl sites for hydroxylation is 2. The van der Waals surface area contributed by atoms with E-state index in [1.807, 2.05) is 38.1 Å². The van der Waals surface area contributed by atoms with E-state index in [4.69, 9.17) is 9.84 Å². The van der Waals surface area contributed by atoms with Gasteiger partial charge in [0.15, 0.2) is 0 Å². The lowest BCUT2D eigenvalue weighted by Gasteiger charge is -2.10. The molecule has 0 saturated carbocycles. The second-order valence-corrected chi connectivity index (χ2v) is 4.61. The van der Waals surface area contributed by atoms with Crippen molar-refractivity contribution in [2.75, 3.05) is 0 Å². The summed E-state index contributed by atoms with van der Waals surface area (Å²) in [6, 6.07) is 10.6. The third-order valence-electron chi connectivity index (χ3n) is 2.92. The fourth-order valence-corrected chi connectivity index (χ4v) is 1.90. The van der Waals surface area contributed by atoms with Gasteiger partial charge < -0.3 is 9.84 Å². The minimum absolute atomic E-state index is 0.201. The molecule has 0 aliphatic carbocycles. The van der Waals surface area contributed by atoms with Gasteiger partial charge in [-0.25, -0.2) is 9.78 Å². The molecule has 1 aromatic carbocycles. The Morgan fingerprint density at radius 3 is 2.70 bits per heavy atom. The monoisotopic (exact) mass is 271 g/mol. The number of nitrogens with zero attached hydrogens (tertiary/aromatic N) is 1. The molecule has 0 amide bonds. The zero-order valence-electron chi connectivity index (χ0n) is 11.6. The van der Waals surface area contributed by atoms with Crippen LogP contribution in [-0.4, -0.2) is 16.1 Å². The van der Waals surface area contributed by atoms with Crippen LogP contribution in [0.25, 0.3) is 0 Å². The van der Waals surface area contributed by atoms with Gasteiger partial charge in [-0.3, -0.25) is 0 Å². The van der Waals surface area contributed by atoms with Crippen molar-refractivity contribution in [3.8, 4) is 11.6 Å². The van der Waals surface area contributed by atoms with Gasteiger partial charge in [0.2, 0.25) is 5.88 Å². The van der Waals surface area contributed by atoms with Crippen LogP contribution in [-0.2, 0) is 6.42 Å². The lowest BCUT2D eigenvalue weighted by atomic mass is 10.1. The third kappa shape index (κ3) is 3.35. The fourth-order valence-electron chi connectivity index (χ4n) is 1.90. The lowest BCUT2D eigenvalue weighted by Crippen LogP contribution is -2.02. The molecule has 4 nitrogen and oxygen atoms in total. The lowest BCUT2D eigenvalue weighted by molar-refractivity contribution is 0.0696. The molecule has 0 bridgehead atoms. The summed E-state index contributed by atoms with van der Waals surface area (Å²) in [7, 11) is 0. The van der Waals surface area contributed by atoms with E-state index in [9.17, 15) is 4.79 Å². The predicted molar refractivity (Wildman–Crippen MR) is 76.4 cm³/mol. The molecule has 0 saturated heterocycles. The molecule has 104 valence electrons. The van der Waals surface area contributed by atoms with E-state index in [0.29, 0.717) is 11.6 Å². The van der Waals surface area contributed by atoms with E-state index in [0.717, 1.165) is 24.1 Å². The van der Waals surface area contributed by atoms with Gasteiger partial charge in [0.25, 0.3) is 0 Å². The Hall–Kier alpha value is -2.36. The average Bonchev–Trinajstić information content (AvgIpc) is 2.41. The molecule has 20 heavy (non-hydrogen) atoms. The Bertz CT molecular complexity index is 623. The number of pyridine rings is 1. The van der Waals surface area contributed by atoms with Gasteiger partial charge in [0.1, 0.15) is 5.75 Å². The second-order valence-electron chi connectivity index (χ2n) is 4.61. The van der Waals surface area contributed by atoms with Crippen LogP contribution in [0.2, 0.25) is 0 Å². The zero-order valence-corrected chi connectivity index (χ0v) is 11.6. The molecular formula is C16H17NO3. The summed E-state index contributed by atoms with van der Waals surface area (Å²) in [6.45, 7) is 3.96. The zero-order chi connectivity index (χ0) is 14.5. The predicted octanol–water partition coefficient (Wildman–Crippen LogP) is 3.83. The Morgan fingerprint density at radius 1 is 1.30 bits per heavy atom. The van der Waals surface area contributed by atoms with Crippen LogP contribution in [0.15, 0.2) is 36.4 Å². The number of aromatic nitrogens is 1. The van der Waals surface area contributed by atoms with E-state index >= 15 is 0 Å². The van der Waals surface area contributed by atoms with Gasteiger partial charge in [-0.05, 0) is 31.0 Å². The summed E-state index contributed by atoms with van der Waals surface area (Å²) in [4.78, 5) is 15.5. The van der Waals surface area contributed by atoms with Crippen molar-refractivity contribution in [3.05, 3.63) is 53.2 Å². The van der Waals surface area contributed by atoms with Crippen LogP contribution >= 0.6 is 0 Å². The first-order valence-corrected chi connectivity index (χ1v) is 6.58. The molecule has 0 aliphatic heterocycles. The van der Waals surface area contributed by atoms with Crippen LogP contribution in [0.5, 0.6) is 11.6 Å². The molecule has 0 radical (unpaired) electrons. The number of hydrogen-bond acceptors (Lipinski definition) is 3. The Morgan fingerprint density at radius 2 is 2.05 bits per heavy atom. The Balaban J connectivity index is 2.35. The van der Waals surface area contributed by atoms with Crippen LogP contribution in [0.4, 0.5) is 0 Å². The molecule has 0 aliphatic rings. The standard InChI is InChI=1S/C16H17NO3/c1-3-6-13-9-12(16(18)19)10-15(17-13)20-14-8-5-4-7-11(14)2/h4-5,7-10H,3,6H2,1-2H3,(H,18,19). The number of carboxylic acids is 1. The van der Waals surface area contributed by atoms with Crippen molar-refractivity contribution < 1.29 is 14.6 Å². The van der Waals surface area contributed by atoms with E-state index in [1.165, 1.54) is 6.07 Å². The highest BCUT2D eigenvalue weighted by molar-refractivity contribution is 5.88. The van der Waals surface area contributed by atoms with Crippen LogP contribution in [0.1, 0.15) is 35.0 Å². The minimum Gasteiger partial charge on any atom is -0.478 e. The summed E-state index contributed by atoms with van der Waals surface area (Å²) in [5.74, 6) is 0.0343. The number of carbonyl (C=O) groups is 1. The summed E-state index contributed by atoms with van der Waals surface area (Å²) >= 11 is 0. The van der Waals surface area contributed by atoms with E-state index in [-0.39, 0.29) is 5.56 Å². The number of rotatable bonds is 5. The van der Waals surface area contributed by atoms with Gasteiger partial charge in [0, 0.05) is 11.8 Å². The van der Waals surface area contributed by atoms with Gasteiger partial charge in [0.05, 0.1) is 5.56 Å². The average molecular weight is 271 g/mol. The smallest absolute Gasteiger partial charge is 0.335 e. The van der Waals surface area contributed by atoms with Crippen molar-refractivity contribution in [3.63, 3.8) is 0 Å². The molecule has 1 heterocycles. The molecule has 1 N–H and O–H groups in total. The fraction of sp³-hybridized carbons (Fsp3) is 0.250. The number of benzene rings is 1. The first kappa shape index (κ1) is 14.1. The van der Waals surface area contributed by atoms with E-state index in [1.54, 1.807) is 6.07 Å². The maximum Gasteiger partial charge on any atom is 0.335 e.